The van der Waals surface area contributed by atoms with Crippen molar-refractivity contribution < 1.29 is 13.2 Å². The highest BCUT2D eigenvalue weighted by Gasteiger charge is 2.31. The number of benzene rings is 2. The van der Waals surface area contributed by atoms with E-state index in [9.17, 15) is 13.2 Å². The van der Waals surface area contributed by atoms with Gasteiger partial charge < -0.3 is 5.32 Å². The smallest absolute Gasteiger partial charge is 0.243 e. The van der Waals surface area contributed by atoms with Crippen LogP contribution in [0.2, 0.25) is 0 Å². The second kappa shape index (κ2) is 10.7. The lowest BCUT2D eigenvalue weighted by Gasteiger charge is -2.30. The standard InChI is InChI=1S/C22H30N2O3S2/c1-5-21(24(29(4,26)27)20-8-6-7-18(3)15-20)22(25)23-13-14-28-16-19-11-9-17(2)10-12-19/h6-12,15,21H,5,13-14,16H2,1-4H3,(H,23,25)/t21-/m0/s1. The Balaban J connectivity index is 1.96. The third-order valence-electron chi connectivity index (χ3n) is 4.52. The quantitative estimate of drug-likeness (QED) is 0.576. The molecule has 0 saturated carbocycles. The molecule has 0 spiro atoms. The maximum Gasteiger partial charge on any atom is 0.243 e. The number of carbonyl (C=O) groups excluding carboxylic acids is 1. The number of hydrogen-bond acceptors (Lipinski definition) is 4. The summed E-state index contributed by atoms with van der Waals surface area (Å²) in [5.74, 6) is 1.38. The molecule has 0 radical (unpaired) electrons. The van der Waals surface area contributed by atoms with Crippen molar-refractivity contribution in [2.24, 2.45) is 0 Å². The lowest BCUT2D eigenvalue weighted by Crippen LogP contribution is -2.49. The molecule has 0 saturated heterocycles. The second-order valence-corrected chi connectivity index (χ2v) is 10.1. The van der Waals surface area contributed by atoms with Gasteiger partial charge in [0.05, 0.1) is 11.9 Å². The van der Waals surface area contributed by atoms with Crippen molar-refractivity contribution in [3.8, 4) is 0 Å². The van der Waals surface area contributed by atoms with E-state index in [0.717, 1.165) is 23.3 Å². The van der Waals surface area contributed by atoms with Crippen LogP contribution < -0.4 is 9.62 Å². The van der Waals surface area contributed by atoms with E-state index in [1.807, 2.05) is 19.9 Å². The van der Waals surface area contributed by atoms with Gasteiger partial charge in [-0.25, -0.2) is 8.42 Å². The van der Waals surface area contributed by atoms with Gasteiger partial charge in [-0.2, -0.15) is 11.8 Å². The molecule has 158 valence electrons. The molecule has 2 aromatic rings. The summed E-state index contributed by atoms with van der Waals surface area (Å²) in [7, 11) is -3.60. The maximum absolute atomic E-state index is 12.8. The lowest BCUT2D eigenvalue weighted by atomic mass is 10.1. The molecule has 0 unspecified atom stereocenters. The predicted octanol–water partition coefficient (Wildman–Crippen LogP) is 3.90. The van der Waals surface area contributed by atoms with E-state index < -0.39 is 16.1 Å². The minimum Gasteiger partial charge on any atom is -0.353 e. The van der Waals surface area contributed by atoms with Crippen LogP contribution in [-0.2, 0) is 20.6 Å². The third-order valence-corrected chi connectivity index (χ3v) is 6.73. The Hall–Kier alpha value is -1.99. The van der Waals surface area contributed by atoms with Crippen molar-refractivity contribution in [1.29, 1.82) is 0 Å². The van der Waals surface area contributed by atoms with Crippen LogP contribution in [0, 0.1) is 13.8 Å². The molecule has 0 aliphatic heterocycles. The number of aryl methyl sites for hydroxylation is 2. The minimum absolute atomic E-state index is 0.268. The van der Waals surface area contributed by atoms with Gasteiger partial charge in [0.2, 0.25) is 15.9 Å². The van der Waals surface area contributed by atoms with Crippen LogP contribution in [0.3, 0.4) is 0 Å². The Bertz CT molecular complexity index is 912. The zero-order valence-corrected chi connectivity index (χ0v) is 19.1. The first-order valence-corrected chi connectivity index (χ1v) is 12.7. The van der Waals surface area contributed by atoms with E-state index in [-0.39, 0.29) is 5.91 Å². The summed E-state index contributed by atoms with van der Waals surface area (Å²) in [5, 5.41) is 2.90. The highest BCUT2D eigenvalue weighted by atomic mass is 32.2. The molecule has 0 bridgehead atoms. The molecule has 5 nitrogen and oxygen atoms in total. The maximum atomic E-state index is 12.8. The molecule has 0 heterocycles. The number of thioether (sulfide) groups is 1. The number of anilines is 1. The van der Waals surface area contributed by atoms with Crippen LogP contribution in [-0.4, -0.2) is 38.9 Å². The molecule has 7 heteroatoms. The molecule has 0 aliphatic carbocycles. The van der Waals surface area contributed by atoms with Gasteiger partial charge in [-0.3, -0.25) is 9.10 Å². The van der Waals surface area contributed by atoms with E-state index >= 15 is 0 Å². The zero-order valence-electron chi connectivity index (χ0n) is 17.5. The van der Waals surface area contributed by atoms with Gasteiger partial charge in [0, 0.05) is 18.1 Å². The SMILES string of the molecule is CC[C@@H](C(=O)NCCSCc1ccc(C)cc1)N(c1cccc(C)c1)S(C)(=O)=O. The molecule has 29 heavy (non-hydrogen) atoms. The summed E-state index contributed by atoms with van der Waals surface area (Å²) < 4.78 is 26.1. The Morgan fingerprint density at radius 1 is 1.10 bits per heavy atom. The number of carbonyl (C=O) groups is 1. The molecular formula is C22H30N2O3S2. The first-order valence-electron chi connectivity index (χ1n) is 9.69. The summed E-state index contributed by atoms with van der Waals surface area (Å²) >= 11 is 1.74. The van der Waals surface area contributed by atoms with E-state index in [0.29, 0.717) is 18.7 Å². The van der Waals surface area contributed by atoms with Crippen molar-refractivity contribution in [1.82, 2.24) is 5.32 Å². The van der Waals surface area contributed by atoms with Gasteiger partial charge in [-0.05, 0) is 43.5 Å². The number of hydrogen-bond donors (Lipinski definition) is 1. The summed E-state index contributed by atoms with van der Waals surface area (Å²) in [6, 6.07) is 14.8. The van der Waals surface area contributed by atoms with Gasteiger partial charge >= 0.3 is 0 Å². The van der Waals surface area contributed by atoms with Crippen molar-refractivity contribution in [3.05, 3.63) is 65.2 Å². The van der Waals surface area contributed by atoms with Gasteiger partial charge in [0.1, 0.15) is 6.04 Å². The predicted molar refractivity (Wildman–Crippen MR) is 123 cm³/mol. The number of rotatable bonds is 10. The van der Waals surface area contributed by atoms with Crippen LogP contribution in [0.15, 0.2) is 48.5 Å². The lowest BCUT2D eigenvalue weighted by molar-refractivity contribution is -0.122. The molecular weight excluding hydrogens is 404 g/mol. The van der Waals surface area contributed by atoms with E-state index in [2.05, 4.69) is 36.5 Å². The van der Waals surface area contributed by atoms with E-state index in [1.54, 1.807) is 30.0 Å². The largest absolute Gasteiger partial charge is 0.353 e. The summed E-state index contributed by atoms with van der Waals surface area (Å²) in [6.45, 7) is 6.28. The van der Waals surface area contributed by atoms with Crippen LogP contribution in [0.1, 0.15) is 30.0 Å². The Morgan fingerprint density at radius 2 is 1.79 bits per heavy atom. The molecule has 0 aromatic heterocycles. The Morgan fingerprint density at radius 3 is 2.38 bits per heavy atom. The van der Waals surface area contributed by atoms with E-state index in [1.165, 1.54) is 15.4 Å². The van der Waals surface area contributed by atoms with Crippen molar-refractivity contribution in [3.63, 3.8) is 0 Å². The van der Waals surface area contributed by atoms with Crippen LogP contribution in [0.5, 0.6) is 0 Å². The summed E-state index contributed by atoms with van der Waals surface area (Å²) in [4.78, 5) is 12.8. The van der Waals surface area contributed by atoms with Crippen LogP contribution in [0.25, 0.3) is 0 Å². The molecule has 1 atom stereocenters. The van der Waals surface area contributed by atoms with Gasteiger partial charge in [0.25, 0.3) is 0 Å². The third kappa shape index (κ3) is 7.08. The number of sulfonamides is 1. The molecule has 2 aromatic carbocycles. The number of nitrogens with zero attached hydrogens (tertiary/aromatic N) is 1. The average molecular weight is 435 g/mol. The van der Waals surface area contributed by atoms with Gasteiger partial charge in [-0.15, -0.1) is 0 Å². The first-order chi connectivity index (χ1) is 13.7. The Labute approximate surface area is 178 Å². The van der Waals surface area contributed by atoms with Crippen LogP contribution in [0.4, 0.5) is 5.69 Å². The highest BCUT2D eigenvalue weighted by molar-refractivity contribution is 7.98. The molecule has 0 aliphatic rings. The summed E-state index contributed by atoms with van der Waals surface area (Å²) in [5.41, 5.74) is 3.95. The molecule has 1 amide bonds. The first kappa shape index (κ1) is 23.3. The van der Waals surface area contributed by atoms with Crippen molar-refractivity contribution in [2.45, 2.75) is 39.0 Å². The fraction of sp³-hybridized carbons (Fsp3) is 0.409. The number of nitrogens with one attached hydrogen (secondary N) is 1. The minimum atomic E-state index is -3.60. The highest BCUT2D eigenvalue weighted by Crippen LogP contribution is 2.23. The molecule has 2 rings (SSSR count). The molecule has 1 N–H and O–H groups in total. The monoisotopic (exact) mass is 434 g/mol. The topological polar surface area (TPSA) is 66.5 Å². The Kier molecular flexibility index (Phi) is 8.59. The van der Waals surface area contributed by atoms with Crippen LogP contribution >= 0.6 is 11.8 Å². The van der Waals surface area contributed by atoms with Crippen molar-refractivity contribution in [2.75, 3.05) is 22.9 Å². The second-order valence-electron chi connectivity index (χ2n) is 7.15. The fourth-order valence-electron chi connectivity index (χ4n) is 3.06. The average Bonchev–Trinajstić information content (AvgIpc) is 2.66. The van der Waals surface area contributed by atoms with E-state index in [4.69, 9.17) is 0 Å². The van der Waals surface area contributed by atoms with Gasteiger partial charge in [-0.1, -0.05) is 48.9 Å². The number of amides is 1. The fourth-order valence-corrected chi connectivity index (χ4v) is 5.09. The molecule has 0 fully saturated rings. The normalized spacial score (nSPS) is 12.4. The zero-order chi connectivity index (χ0) is 21.4. The van der Waals surface area contributed by atoms with Crippen molar-refractivity contribution >= 4 is 33.4 Å². The van der Waals surface area contributed by atoms with Gasteiger partial charge in [0.15, 0.2) is 0 Å². The summed E-state index contributed by atoms with van der Waals surface area (Å²) in [6.07, 6.45) is 1.53.